The van der Waals surface area contributed by atoms with E-state index >= 15 is 0 Å². The highest BCUT2D eigenvalue weighted by atomic mass is 35.5. The van der Waals surface area contributed by atoms with Crippen LogP contribution in [0.1, 0.15) is 34.3 Å². The Morgan fingerprint density at radius 3 is 2.80 bits per heavy atom. The molecule has 0 aromatic heterocycles. The molecule has 2 aromatic rings. The molecule has 0 heterocycles. The highest BCUT2D eigenvalue weighted by Crippen LogP contribution is 2.27. The van der Waals surface area contributed by atoms with Crippen LogP contribution < -0.4 is 4.74 Å². The summed E-state index contributed by atoms with van der Waals surface area (Å²) in [6.07, 6.45) is 4.62. The van der Waals surface area contributed by atoms with E-state index in [1.54, 1.807) is 25.3 Å². The number of halogens is 1. The third-order valence-corrected chi connectivity index (χ3v) is 5.14. The molecule has 0 atom stereocenters. The van der Waals surface area contributed by atoms with Gasteiger partial charge in [0.25, 0.3) is 0 Å². The number of oxime groups is 1. The summed E-state index contributed by atoms with van der Waals surface area (Å²) in [4.78, 5) is 18.5. The van der Waals surface area contributed by atoms with Gasteiger partial charge in [0, 0.05) is 15.5 Å². The van der Waals surface area contributed by atoms with Gasteiger partial charge in [-0.25, -0.2) is 4.79 Å². The minimum atomic E-state index is -0.505. The van der Waals surface area contributed by atoms with Crippen LogP contribution in [-0.4, -0.2) is 25.0 Å². The van der Waals surface area contributed by atoms with Crippen molar-refractivity contribution in [2.45, 2.75) is 24.2 Å². The maximum Gasteiger partial charge on any atom is 0.366 e. The number of ether oxygens (including phenoxy) is 1. The molecule has 3 rings (SSSR count). The first-order chi connectivity index (χ1) is 12.1. The molecule has 0 saturated carbocycles. The summed E-state index contributed by atoms with van der Waals surface area (Å²) in [5.74, 6) is 0.258. The van der Waals surface area contributed by atoms with E-state index in [9.17, 15) is 4.79 Å². The maximum atomic E-state index is 12.4. The monoisotopic (exact) mass is 375 g/mol. The van der Waals surface area contributed by atoms with Gasteiger partial charge in [-0.1, -0.05) is 22.8 Å². The molecule has 0 radical (unpaired) electrons. The Hall–Kier alpha value is -1.98. The van der Waals surface area contributed by atoms with Crippen LogP contribution >= 0.6 is 23.4 Å². The van der Waals surface area contributed by atoms with Gasteiger partial charge in [0.1, 0.15) is 5.75 Å². The molecule has 2 aromatic carbocycles. The number of rotatable bonds is 4. The van der Waals surface area contributed by atoms with Crippen molar-refractivity contribution in [3.63, 3.8) is 0 Å². The van der Waals surface area contributed by atoms with Crippen LogP contribution in [0.2, 0.25) is 5.02 Å². The van der Waals surface area contributed by atoms with Gasteiger partial charge in [-0.3, -0.25) is 0 Å². The fraction of sp³-hybridized carbons (Fsp3) is 0.263. The Bertz CT molecular complexity index is 835. The lowest BCUT2D eigenvalue weighted by atomic mass is 9.90. The van der Waals surface area contributed by atoms with Gasteiger partial charge in [-0.05, 0) is 61.4 Å². The molecule has 0 spiro atoms. The first kappa shape index (κ1) is 17.8. The predicted molar refractivity (Wildman–Crippen MR) is 101 cm³/mol. The number of methoxy groups -OCH3 is 1. The van der Waals surface area contributed by atoms with Crippen molar-refractivity contribution >= 4 is 35.0 Å². The lowest BCUT2D eigenvalue weighted by Crippen LogP contribution is -2.14. The minimum absolute atomic E-state index is 0.422. The van der Waals surface area contributed by atoms with E-state index in [0.29, 0.717) is 10.6 Å². The second kappa shape index (κ2) is 7.93. The fourth-order valence-electron chi connectivity index (χ4n) is 2.83. The summed E-state index contributed by atoms with van der Waals surface area (Å²) in [6, 6.07) is 11.1. The van der Waals surface area contributed by atoms with E-state index < -0.39 is 5.97 Å². The number of aryl methyl sites for hydroxylation is 1. The first-order valence-corrected chi connectivity index (χ1v) is 9.51. The zero-order valence-electron chi connectivity index (χ0n) is 14.0. The number of carbonyl (C=O) groups excluding carboxylic acids is 1. The van der Waals surface area contributed by atoms with Crippen LogP contribution in [0.25, 0.3) is 0 Å². The summed E-state index contributed by atoms with van der Waals surface area (Å²) >= 11 is 7.46. The highest BCUT2D eigenvalue weighted by Gasteiger charge is 2.19. The molecule has 0 N–H and O–H groups in total. The number of thioether (sulfide) groups is 1. The summed E-state index contributed by atoms with van der Waals surface area (Å²) in [5, 5.41) is 4.63. The molecule has 4 nitrogen and oxygen atoms in total. The van der Waals surface area contributed by atoms with E-state index in [2.05, 4.69) is 5.16 Å². The van der Waals surface area contributed by atoms with Crippen molar-refractivity contribution in [3.8, 4) is 5.75 Å². The summed E-state index contributed by atoms with van der Waals surface area (Å²) in [5.41, 5.74) is 3.36. The number of hydrogen-bond donors (Lipinski definition) is 0. The smallest absolute Gasteiger partial charge is 0.366 e. The van der Waals surface area contributed by atoms with Crippen LogP contribution in [0.5, 0.6) is 5.75 Å². The van der Waals surface area contributed by atoms with Gasteiger partial charge in [0.2, 0.25) is 0 Å². The molecule has 0 bridgehead atoms. The maximum absolute atomic E-state index is 12.4. The second-order valence-corrected chi connectivity index (χ2v) is 6.92. The summed E-state index contributed by atoms with van der Waals surface area (Å²) in [7, 11) is 1.63. The Morgan fingerprint density at radius 2 is 2.04 bits per heavy atom. The van der Waals surface area contributed by atoms with Crippen LogP contribution in [0, 0.1) is 0 Å². The van der Waals surface area contributed by atoms with Crippen LogP contribution in [-0.2, 0) is 11.3 Å². The van der Waals surface area contributed by atoms with Gasteiger partial charge in [0.15, 0.2) is 0 Å². The van der Waals surface area contributed by atoms with E-state index in [-0.39, 0.29) is 0 Å². The molecule has 130 valence electrons. The number of hydrogen-bond acceptors (Lipinski definition) is 5. The topological polar surface area (TPSA) is 47.9 Å². The molecule has 0 aliphatic heterocycles. The van der Waals surface area contributed by atoms with Crippen LogP contribution in [0.3, 0.4) is 0 Å². The number of fused-ring (bicyclic) bond motifs is 1. The van der Waals surface area contributed by atoms with Crippen LogP contribution in [0.15, 0.2) is 46.4 Å². The Labute approximate surface area is 156 Å². The molecular weight excluding hydrogens is 358 g/mol. The zero-order valence-corrected chi connectivity index (χ0v) is 15.6. The SMILES string of the molecule is COc1ccc2c(c1)C(=NOC(=O)c1cc(Cl)ccc1SC)CCC2. The molecule has 1 aliphatic rings. The molecule has 0 saturated heterocycles. The summed E-state index contributed by atoms with van der Waals surface area (Å²) < 4.78 is 5.29. The molecule has 0 fully saturated rings. The average molecular weight is 376 g/mol. The second-order valence-electron chi connectivity index (χ2n) is 5.64. The highest BCUT2D eigenvalue weighted by molar-refractivity contribution is 7.98. The summed E-state index contributed by atoms with van der Waals surface area (Å²) in [6.45, 7) is 0. The van der Waals surface area contributed by atoms with Gasteiger partial charge in [0.05, 0.1) is 18.4 Å². The quantitative estimate of drug-likeness (QED) is 0.430. The molecule has 1 aliphatic carbocycles. The Morgan fingerprint density at radius 1 is 1.20 bits per heavy atom. The van der Waals surface area contributed by atoms with Crippen LogP contribution in [0.4, 0.5) is 0 Å². The number of carbonyl (C=O) groups is 1. The lowest BCUT2D eigenvalue weighted by Gasteiger charge is -2.18. The van der Waals surface area contributed by atoms with E-state index in [1.165, 1.54) is 17.3 Å². The van der Waals surface area contributed by atoms with Gasteiger partial charge >= 0.3 is 5.97 Å². The number of nitrogens with zero attached hydrogens (tertiary/aromatic N) is 1. The minimum Gasteiger partial charge on any atom is -0.497 e. The molecule has 0 amide bonds. The van der Waals surface area contributed by atoms with Crippen molar-refractivity contribution in [3.05, 3.63) is 58.1 Å². The van der Waals surface area contributed by atoms with E-state index in [1.807, 2.05) is 24.5 Å². The number of benzene rings is 2. The Balaban J connectivity index is 1.86. The van der Waals surface area contributed by atoms with Gasteiger partial charge in [-0.2, -0.15) is 0 Å². The van der Waals surface area contributed by atoms with Crippen molar-refractivity contribution in [1.29, 1.82) is 0 Å². The predicted octanol–water partition coefficient (Wildman–Crippen LogP) is 4.97. The molecular formula is C19H18ClNO3S. The van der Waals surface area contributed by atoms with Crippen molar-refractivity contribution in [2.75, 3.05) is 13.4 Å². The fourth-order valence-corrected chi connectivity index (χ4v) is 3.57. The molecule has 25 heavy (non-hydrogen) atoms. The van der Waals surface area contributed by atoms with Crippen molar-refractivity contribution in [2.24, 2.45) is 5.16 Å². The average Bonchev–Trinajstić information content (AvgIpc) is 2.65. The molecule has 6 heteroatoms. The lowest BCUT2D eigenvalue weighted by molar-refractivity contribution is 0.0511. The Kier molecular flexibility index (Phi) is 5.66. The van der Waals surface area contributed by atoms with E-state index in [0.717, 1.165) is 41.2 Å². The molecule has 0 unspecified atom stereocenters. The van der Waals surface area contributed by atoms with Gasteiger partial charge in [-0.15, -0.1) is 11.8 Å². The third-order valence-electron chi connectivity index (χ3n) is 4.11. The zero-order chi connectivity index (χ0) is 17.8. The largest absolute Gasteiger partial charge is 0.497 e. The standard InChI is InChI=1S/C19H18ClNO3S/c1-23-14-8-6-12-4-3-5-17(15(12)11-14)21-24-19(22)16-10-13(20)7-9-18(16)25-2/h6-11H,3-5H2,1-2H3. The normalized spacial score (nSPS) is 14.9. The van der Waals surface area contributed by atoms with Crippen molar-refractivity contribution in [1.82, 2.24) is 0 Å². The van der Waals surface area contributed by atoms with Gasteiger partial charge < -0.3 is 9.57 Å². The van der Waals surface area contributed by atoms with Crippen molar-refractivity contribution < 1.29 is 14.4 Å². The third kappa shape index (κ3) is 3.99. The van der Waals surface area contributed by atoms with E-state index in [4.69, 9.17) is 21.2 Å². The first-order valence-electron chi connectivity index (χ1n) is 7.91.